The van der Waals surface area contributed by atoms with E-state index in [-0.39, 0.29) is 29.2 Å². The zero-order valence-corrected chi connectivity index (χ0v) is 13.9. The molecule has 0 aromatic heterocycles. The second-order valence-corrected chi connectivity index (χ2v) is 8.78. The monoisotopic (exact) mass is 316 g/mol. The van der Waals surface area contributed by atoms with Crippen LogP contribution in [-0.4, -0.2) is 54.3 Å². The smallest absolute Gasteiger partial charge is 0.246 e. The van der Waals surface area contributed by atoms with Gasteiger partial charge in [0.15, 0.2) is 9.84 Å². The number of hydrogen-bond acceptors (Lipinski definition) is 4. The van der Waals surface area contributed by atoms with Crippen molar-refractivity contribution in [3.63, 3.8) is 0 Å². The molecule has 4 atom stereocenters. The first-order valence-corrected chi connectivity index (χ1v) is 9.27. The van der Waals surface area contributed by atoms with Gasteiger partial charge in [-0.15, -0.1) is 0 Å². The van der Waals surface area contributed by atoms with E-state index in [9.17, 15) is 18.0 Å². The number of rotatable bonds is 3. The number of nitrogens with one attached hydrogen (secondary N) is 1. The Balaban J connectivity index is 2.36. The largest absolute Gasteiger partial charge is 0.342 e. The lowest BCUT2D eigenvalue weighted by molar-refractivity contribution is -0.156. The van der Waals surface area contributed by atoms with Crippen molar-refractivity contribution < 1.29 is 18.0 Å². The van der Waals surface area contributed by atoms with Crippen LogP contribution in [-0.2, 0) is 19.4 Å². The molecule has 0 aromatic carbocycles. The van der Waals surface area contributed by atoms with E-state index in [4.69, 9.17) is 0 Å². The highest BCUT2D eigenvalue weighted by atomic mass is 32.2. The summed E-state index contributed by atoms with van der Waals surface area (Å²) >= 11 is 0. The summed E-state index contributed by atoms with van der Waals surface area (Å²) in [7, 11) is -3.14. The van der Waals surface area contributed by atoms with E-state index < -0.39 is 27.5 Å². The Kier molecular flexibility index (Phi) is 4.08. The van der Waals surface area contributed by atoms with Gasteiger partial charge in [-0.05, 0) is 26.2 Å². The molecule has 2 saturated heterocycles. The molecule has 2 rings (SSSR count). The third-order valence-electron chi connectivity index (χ3n) is 4.85. The molecule has 2 fully saturated rings. The van der Waals surface area contributed by atoms with Crippen LogP contribution in [0.1, 0.15) is 40.5 Å². The topological polar surface area (TPSA) is 83.6 Å². The summed E-state index contributed by atoms with van der Waals surface area (Å²) < 4.78 is 23.6. The summed E-state index contributed by atoms with van der Waals surface area (Å²) in [5.41, 5.74) is -0.779. The summed E-state index contributed by atoms with van der Waals surface area (Å²) in [5, 5.41) is 2.78. The van der Waals surface area contributed by atoms with Crippen molar-refractivity contribution in [1.29, 1.82) is 0 Å². The van der Waals surface area contributed by atoms with Crippen LogP contribution >= 0.6 is 0 Å². The molecule has 4 unspecified atom stereocenters. The lowest BCUT2D eigenvalue weighted by atomic mass is 9.89. The van der Waals surface area contributed by atoms with Gasteiger partial charge < -0.3 is 10.2 Å². The summed E-state index contributed by atoms with van der Waals surface area (Å²) in [5.74, 6) is -0.314. The molecule has 0 spiro atoms. The fourth-order valence-corrected chi connectivity index (χ4v) is 5.46. The van der Waals surface area contributed by atoms with Gasteiger partial charge in [-0.2, -0.15) is 0 Å². The van der Waals surface area contributed by atoms with Gasteiger partial charge in [0.1, 0.15) is 12.1 Å². The van der Waals surface area contributed by atoms with Crippen molar-refractivity contribution in [1.82, 2.24) is 10.2 Å². The van der Waals surface area contributed by atoms with Gasteiger partial charge in [0.05, 0.1) is 17.0 Å². The molecular weight excluding hydrogens is 292 g/mol. The van der Waals surface area contributed by atoms with Crippen molar-refractivity contribution in [2.45, 2.75) is 58.2 Å². The van der Waals surface area contributed by atoms with E-state index in [1.54, 1.807) is 13.8 Å². The third kappa shape index (κ3) is 2.80. The van der Waals surface area contributed by atoms with Gasteiger partial charge in [-0.3, -0.25) is 9.59 Å². The van der Waals surface area contributed by atoms with E-state index in [1.807, 2.05) is 13.8 Å². The minimum atomic E-state index is -3.14. The van der Waals surface area contributed by atoms with Crippen LogP contribution in [0.2, 0.25) is 0 Å². The van der Waals surface area contributed by atoms with Gasteiger partial charge in [-0.1, -0.05) is 20.3 Å². The fourth-order valence-electron chi connectivity index (χ4n) is 3.33. The second kappa shape index (κ2) is 5.26. The van der Waals surface area contributed by atoms with Crippen LogP contribution < -0.4 is 5.32 Å². The number of carbonyl (C=O) groups is 2. The van der Waals surface area contributed by atoms with E-state index >= 15 is 0 Å². The van der Waals surface area contributed by atoms with Crippen LogP contribution in [0.5, 0.6) is 0 Å². The quantitative estimate of drug-likeness (QED) is 0.813. The Bertz CT molecular complexity index is 559. The number of nitrogens with zero attached hydrogens (tertiary/aromatic N) is 1. The highest BCUT2D eigenvalue weighted by Gasteiger charge is 2.52. The van der Waals surface area contributed by atoms with Gasteiger partial charge in [0, 0.05) is 0 Å². The van der Waals surface area contributed by atoms with Gasteiger partial charge in [0.2, 0.25) is 11.8 Å². The number of carbonyl (C=O) groups excluding carboxylic acids is 2. The maximum Gasteiger partial charge on any atom is 0.246 e. The highest BCUT2D eigenvalue weighted by Crippen LogP contribution is 2.34. The molecule has 0 radical (unpaired) electrons. The summed E-state index contributed by atoms with van der Waals surface area (Å²) in [4.78, 5) is 26.5. The molecule has 0 saturated carbocycles. The van der Waals surface area contributed by atoms with Crippen LogP contribution in [0.4, 0.5) is 0 Å². The average Bonchev–Trinajstić information content (AvgIpc) is 2.68. The lowest BCUT2D eigenvalue weighted by Gasteiger charge is -2.47. The SMILES string of the molecule is CCC(C)C1NC(=O)C(C)N(C2(C)CCS(=O)(=O)C2)C1=O. The van der Waals surface area contributed by atoms with Crippen LogP contribution in [0, 0.1) is 5.92 Å². The molecule has 2 heterocycles. The van der Waals surface area contributed by atoms with Crippen LogP contribution in [0.3, 0.4) is 0 Å². The Morgan fingerprint density at radius 3 is 2.52 bits per heavy atom. The maximum absolute atomic E-state index is 12.8. The first-order chi connectivity index (χ1) is 9.61. The van der Waals surface area contributed by atoms with Crippen molar-refractivity contribution >= 4 is 21.7 Å². The molecule has 0 aliphatic carbocycles. The summed E-state index contributed by atoms with van der Waals surface area (Å²) in [6, 6.07) is -1.19. The second-order valence-electron chi connectivity index (χ2n) is 6.59. The molecule has 0 aromatic rings. The molecule has 0 bridgehead atoms. The minimum absolute atomic E-state index is 0.0260. The molecule has 21 heavy (non-hydrogen) atoms. The Morgan fingerprint density at radius 1 is 1.43 bits per heavy atom. The van der Waals surface area contributed by atoms with Crippen molar-refractivity contribution in [3.05, 3.63) is 0 Å². The summed E-state index contributed by atoms with van der Waals surface area (Å²) in [6.07, 6.45) is 1.17. The molecule has 120 valence electrons. The molecule has 6 nitrogen and oxygen atoms in total. The molecule has 1 N–H and O–H groups in total. The van der Waals surface area contributed by atoms with Crippen LogP contribution in [0.15, 0.2) is 0 Å². The molecular formula is C14H24N2O4S. The molecule has 2 aliphatic rings. The lowest BCUT2D eigenvalue weighted by Crippen LogP contribution is -2.69. The predicted octanol–water partition coefficient (Wildman–Crippen LogP) is 0.325. The van der Waals surface area contributed by atoms with Crippen LogP contribution in [0.25, 0.3) is 0 Å². The van der Waals surface area contributed by atoms with E-state index in [1.165, 1.54) is 4.90 Å². The fraction of sp³-hybridized carbons (Fsp3) is 0.857. The zero-order valence-electron chi connectivity index (χ0n) is 13.0. The predicted molar refractivity (Wildman–Crippen MR) is 79.4 cm³/mol. The first-order valence-electron chi connectivity index (χ1n) is 7.45. The minimum Gasteiger partial charge on any atom is -0.342 e. The standard InChI is InChI=1S/C14H24N2O4S/c1-5-9(2)11-13(18)16(10(3)12(17)15-11)14(4)6-7-21(19,20)8-14/h9-11H,5-8H2,1-4H3,(H,15,17). The normalized spacial score (nSPS) is 37.4. The Morgan fingerprint density at radius 2 is 2.05 bits per heavy atom. The van der Waals surface area contributed by atoms with E-state index in [2.05, 4.69) is 5.32 Å². The molecule has 7 heteroatoms. The van der Waals surface area contributed by atoms with Crippen molar-refractivity contribution in [2.24, 2.45) is 5.92 Å². The van der Waals surface area contributed by atoms with Crippen molar-refractivity contribution in [2.75, 3.05) is 11.5 Å². The molecule has 2 aliphatic heterocycles. The summed E-state index contributed by atoms with van der Waals surface area (Å²) in [6.45, 7) is 7.33. The van der Waals surface area contributed by atoms with Crippen molar-refractivity contribution in [3.8, 4) is 0 Å². The number of sulfone groups is 1. The Hall–Kier alpha value is -1.11. The highest BCUT2D eigenvalue weighted by molar-refractivity contribution is 7.91. The maximum atomic E-state index is 12.8. The number of piperazine rings is 1. The van der Waals surface area contributed by atoms with Gasteiger partial charge >= 0.3 is 0 Å². The number of amides is 2. The zero-order chi connectivity index (χ0) is 16.0. The number of hydrogen-bond donors (Lipinski definition) is 1. The first kappa shape index (κ1) is 16.3. The van der Waals surface area contributed by atoms with Gasteiger partial charge in [-0.25, -0.2) is 8.42 Å². The Labute approximate surface area is 126 Å². The average molecular weight is 316 g/mol. The van der Waals surface area contributed by atoms with Gasteiger partial charge in [0.25, 0.3) is 0 Å². The molecule has 2 amide bonds. The third-order valence-corrected chi connectivity index (χ3v) is 6.73. The van der Waals surface area contributed by atoms with E-state index in [0.29, 0.717) is 6.42 Å². The van der Waals surface area contributed by atoms with E-state index in [0.717, 1.165) is 6.42 Å².